The molecule has 0 aliphatic carbocycles. The highest BCUT2D eigenvalue weighted by molar-refractivity contribution is 7.17. The summed E-state index contributed by atoms with van der Waals surface area (Å²) in [5.74, 6) is -0.796. The summed E-state index contributed by atoms with van der Waals surface area (Å²) < 4.78 is 0. The van der Waals surface area contributed by atoms with Gasteiger partial charge in [-0.3, -0.25) is 4.79 Å². The van der Waals surface area contributed by atoms with E-state index in [2.05, 4.69) is 23.7 Å². The zero-order valence-electron chi connectivity index (χ0n) is 10.9. The molecule has 6 heteroatoms. The highest BCUT2D eigenvalue weighted by Crippen LogP contribution is 2.32. The fourth-order valence-corrected chi connectivity index (χ4v) is 3.77. The van der Waals surface area contributed by atoms with Crippen LogP contribution in [0.3, 0.4) is 0 Å². The third-order valence-electron chi connectivity index (χ3n) is 2.77. The molecule has 2 heterocycles. The van der Waals surface area contributed by atoms with Gasteiger partial charge in [0, 0.05) is 23.3 Å². The number of carbonyl (C=O) groups is 1. The fraction of sp³-hybridized carbons (Fsp3) is 0.385. The van der Waals surface area contributed by atoms with Crippen LogP contribution in [-0.4, -0.2) is 29.1 Å². The van der Waals surface area contributed by atoms with Gasteiger partial charge in [0.1, 0.15) is 0 Å². The Morgan fingerprint density at radius 2 is 2.11 bits per heavy atom. The number of aromatic nitrogens is 1. The van der Waals surface area contributed by atoms with Gasteiger partial charge in [0.15, 0.2) is 5.13 Å². The Balaban J connectivity index is 2.18. The van der Waals surface area contributed by atoms with E-state index in [0.717, 1.165) is 33.7 Å². The van der Waals surface area contributed by atoms with Crippen LogP contribution >= 0.6 is 22.7 Å². The molecule has 2 aromatic heterocycles. The normalized spacial score (nSPS) is 10.6. The van der Waals surface area contributed by atoms with Crippen molar-refractivity contribution in [3.8, 4) is 10.6 Å². The van der Waals surface area contributed by atoms with Gasteiger partial charge in [-0.25, -0.2) is 4.98 Å². The molecular weight excluding hydrogens is 280 g/mol. The van der Waals surface area contributed by atoms with Gasteiger partial charge in [-0.15, -0.1) is 22.7 Å². The minimum absolute atomic E-state index is 0.0811. The van der Waals surface area contributed by atoms with Crippen LogP contribution in [0.1, 0.15) is 18.7 Å². The van der Waals surface area contributed by atoms with Crippen molar-refractivity contribution in [3.05, 3.63) is 22.4 Å². The maximum absolute atomic E-state index is 10.7. The third-order valence-corrected chi connectivity index (χ3v) is 4.77. The lowest BCUT2D eigenvalue weighted by atomic mass is 10.3. The Bertz CT molecular complexity index is 558. The van der Waals surface area contributed by atoms with Crippen LogP contribution in [0.5, 0.6) is 0 Å². The largest absolute Gasteiger partial charge is 0.481 e. The van der Waals surface area contributed by atoms with E-state index < -0.39 is 5.97 Å². The van der Waals surface area contributed by atoms with Gasteiger partial charge in [0.2, 0.25) is 0 Å². The molecule has 0 fully saturated rings. The monoisotopic (exact) mass is 296 g/mol. The van der Waals surface area contributed by atoms with Gasteiger partial charge in [0.05, 0.1) is 17.0 Å². The number of aliphatic carboxylic acids is 1. The number of nitrogens with zero attached hydrogens (tertiary/aromatic N) is 2. The van der Waals surface area contributed by atoms with E-state index in [1.165, 1.54) is 11.3 Å². The van der Waals surface area contributed by atoms with Gasteiger partial charge in [-0.2, -0.15) is 0 Å². The molecule has 0 radical (unpaired) electrons. The summed E-state index contributed by atoms with van der Waals surface area (Å²) in [6.45, 7) is 6.11. The Morgan fingerprint density at radius 1 is 1.37 bits per heavy atom. The number of hydrogen-bond donors (Lipinski definition) is 1. The standard InChI is InChI=1S/C13H16N2O2S2/c1-3-15(4-2)13-14-10(8-18-13)11-6-5-9(19-11)7-12(16)17/h5-6,8H,3-4,7H2,1-2H3,(H,16,17). The van der Waals surface area contributed by atoms with E-state index in [1.807, 2.05) is 17.5 Å². The molecule has 1 N–H and O–H groups in total. The van der Waals surface area contributed by atoms with Gasteiger partial charge in [-0.1, -0.05) is 0 Å². The first-order valence-corrected chi connectivity index (χ1v) is 7.85. The van der Waals surface area contributed by atoms with E-state index in [4.69, 9.17) is 5.11 Å². The molecule has 0 atom stereocenters. The summed E-state index contributed by atoms with van der Waals surface area (Å²) >= 11 is 3.13. The number of hydrogen-bond acceptors (Lipinski definition) is 5. The van der Waals surface area contributed by atoms with E-state index >= 15 is 0 Å². The fourth-order valence-electron chi connectivity index (χ4n) is 1.78. The molecule has 0 saturated heterocycles. The smallest absolute Gasteiger partial charge is 0.308 e. The summed E-state index contributed by atoms with van der Waals surface area (Å²) in [7, 11) is 0. The van der Waals surface area contributed by atoms with Crippen molar-refractivity contribution in [3.63, 3.8) is 0 Å². The van der Waals surface area contributed by atoms with Crippen LogP contribution < -0.4 is 4.90 Å². The summed E-state index contributed by atoms with van der Waals surface area (Å²) in [4.78, 5) is 19.4. The molecule has 0 amide bonds. The lowest BCUT2D eigenvalue weighted by Crippen LogP contribution is -2.21. The number of rotatable bonds is 6. The van der Waals surface area contributed by atoms with Crippen LogP contribution in [0.4, 0.5) is 5.13 Å². The Hall–Kier alpha value is -1.40. The SMILES string of the molecule is CCN(CC)c1nc(-c2ccc(CC(=O)O)s2)cs1. The quantitative estimate of drug-likeness (QED) is 0.888. The maximum atomic E-state index is 10.7. The van der Waals surface area contributed by atoms with Crippen LogP contribution in [0.2, 0.25) is 0 Å². The number of anilines is 1. The first-order chi connectivity index (χ1) is 9.13. The minimum atomic E-state index is -0.796. The lowest BCUT2D eigenvalue weighted by molar-refractivity contribution is -0.136. The number of thiazole rings is 1. The Morgan fingerprint density at radius 3 is 2.74 bits per heavy atom. The second-order valence-electron chi connectivity index (χ2n) is 4.02. The van der Waals surface area contributed by atoms with Crippen LogP contribution in [0.25, 0.3) is 10.6 Å². The zero-order valence-corrected chi connectivity index (χ0v) is 12.6. The van der Waals surface area contributed by atoms with Crippen molar-refractivity contribution in [1.29, 1.82) is 0 Å². The maximum Gasteiger partial charge on any atom is 0.308 e. The van der Waals surface area contributed by atoms with Crippen molar-refractivity contribution in [2.75, 3.05) is 18.0 Å². The number of carboxylic acids is 1. The van der Waals surface area contributed by atoms with Gasteiger partial charge in [0.25, 0.3) is 0 Å². The third kappa shape index (κ3) is 3.33. The lowest BCUT2D eigenvalue weighted by Gasteiger charge is -2.16. The van der Waals surface area contributed by atoms with Crippen molar-refractivity contribution < 1.29 is 9.90 Å². The van der Waals surface area contributed by atoms with Crippen LogP contribution in [0.15, 0.2) is 17.5 Å². The van der Waals surface area contributed by atoms with Gasteiger partial charge >= 0.3 is 5.97 Å². The van der Waals surface area contributed by atoms with Crippen molar-refractivity contribution in [2.24, 2.45) is 0 Å². The second kappa shape index (κ2) is 6.16. The predicted octanol–water partition coefficient (Wildman–Crippen LogP) is 3.34. The first kappa shape index (κ1) is 14.0. The van der Waals surface area contributed by atoms with Crippen molar-refractivity contribution >= 4 is 33.8 Å². The minimum Gasteiger partial charge on any atom is -0.481 e. The molecule has 0 saturated carbocycles. The van der Waals surface area contributed by atoms with Crippen LogP contribution in [0, 0.1) is 0 Å². The highest BCUT2D eigenvalue weighted by atomic mass is 32.1. The van der Waals surface area contributed by atoms with E-state index in [-0.39, 0.29) is 6.42 Å². The predicted molar refractivity (Wildman–Crippen MR) is 80.3 cm³/mol. The Labute approximate surface area is 120 Å². The zero-order chi connectivity index (χ0) is 13.8. The van der Waals surface area contributed by atoms with Gasteiger partial charge in [-0.05, 0) is 26.0 Å². The molecule has 2 aromatic rings. The topological polar surface area (TPSA) is 53.4 Å². The van der Waals surface area contributed by atoms with E-state index in [0.29, 0.717) is 0 Å². The highest BCUT2D eigenvalue weighted by Gasteiger charge is 2.11. The average molecular weight is 296 g/mol. The summed E-state index contributed by atoms with van der Waals surface area (Å²) in [6.07, 6.45) is 0.0811. The average Bonchev–Trinajstić information content (AvgIpc) is 2.99. The van der Waals surface area contributed by atoms with Crippen molar-refractivity contribution in [2.45, 2.75) is 20.3 Å². The molecule has 4 nitrogen and oxygen atoms in total. The molecule has 0 aliphatic rings. The molecule has 0 spiro atoms. The Kier molecular flexibility index (Phi) is 4.55. The summed E-state index contributed by atoms with van der Waals surface area (Å²) in [5, 5.41) is 11.8. The van der Waals surface area contributed by atoms with E-state index in [1.54, 1.807) is 11.3 Å². The van der Waals surface area contributed by atoms with E-state index in [9.17, 15) is 4.79 Å². The van der Waals surface area contributed by atoms with Crippen molar-refractivity contribution in [1.82, 2.24) is 4.98 Å². The summed E-state index contributed by atoms with van der Waals surface area (Å²) in [6, 6.07) is 3.81. The molecule has 102 valence electrons. The number of carboxylic acid groups (broad SMARTS) is 1. The molecular formula is C13H16N2O2S2. The first-order valence-electron chi connectivity index (χ1n) is 6.15. The molecule has 19 heavy (non-hydrogen) atoms. The van der Waals surface area contributed by atoms with Gasteiger partial charge < -0.3 is 10.0 Å². The molecule has 0 aliphatic heterocycles. The summed E-state index contributed by atoms with van der Waals surface area (Å²) in [5.41, 5.74) is 0.938. The van der Waals surface area contributed by atoms with Crippen LogP contribution in [-0.2, 0) is 11.2 Å². The second-order valence-corrected chi connectivity index (χ2v) is 6.03. The molecule has 0 aromatic carbocycles. The molecule has 2 rings (SSSR count). The number of thiophene rings is 1. The molecule has 0 bridgehead atoms. The molecule has 0 unspecified atom stereocenters.